The van der Waals surface area contributed by atoms with E-state index in [1.165, 1.54) is 5.56 Å². The van der Waals surface area contributed by atoms with Crippen molar-refractivity contribution in [1.29, 1.82) is 0 Å². The summed E-state index contributed by atoms with van der Waals surface area (Å²) in [6, 6.07) is 7.82. The van der Waals surface area contributed by atoms with Crippen LogP contribution < -0.4 is 0 Å². The number of benzene rings is 1. The number of hydrogen-bond acceptors (Lipinski definition) is 3. The molecule has 1 aliphatic carbocycles. The van der Waals surface area contributed by atoms with Crippen molar-refractivity contribution in [2.45, 2.75) is 24.1 Å². The quantitative estimate of drug-likeness (QED) is 0.800. The SMILES string of the molecule is ClCc1nc(C2(c3ccc(Cl)cc3)CC2)no1. The number of alkyl halides is 1. The molecular formula is C12H10Cl2N2O. The topological polar surface area (TPSA) is 38.9 Å². The van der Waals surface area contributed by atoms with Gasteiger partial charge in [0.25, 0.3) is 0 Å². The average Bonchev–Trinajstić information content (AvgIpc) is 3.02. The largest absolute Gasteiger partial charge is 0.338 e. The molecule has 0 unspecified atom stereocenters. The van der Waals surface area contributed by atoms with Gasteiger partial charge in [-0.25, -0.2) is 0 Å². The molecule has 17 heavy (non-hydrogen) atoms. The molecule has 0 amide bonds. The lowest BCUT2D eigenvalue weighted by Crippen LogP contribution is -2.10. The minimum absolute atomic E-state index is 0.0849. The van der Waals surface area contributed by atoms with E-state index >= 15 is 0 Å². The Labute approximate surface area is 109 Å². The standard InChI is InChI=1S/C12H10Cl2N2O/c13-7-10-15-11(16-17-10)12(5-6-12)8-1-3-9(14)4-2-8/h1-4H,5-7H2. The lowest BCUT2D eigenvalue weighted by atomic mass is 9.95. The van der Waals surface area contributed by atoms with Crippen LogP contribution in [0.5, 0.6) is 0 Å². The van der Waals surface area contributed by atoms with Crippen LogP contribution in [-0.4, -0.2) is 10.1 Å². The lowest BCUT2D eigenvalue weighted by molar-refractivity contribution is 0.381. The Morgan fingerprint density at radius 3 is 2.47 bits per heavy atom. The zero-order valence-electron chi connectivity index (χ0n) is 8.99. The number of nitrogens with zero attached hydrogens (tertiary/aromatic N) is 2. The van der Waals surface area contributed by atoms with E-state index in [0.29, 0.717) is 5.89 Å². The molecule has 5 heteroatoms. The molecule has 1 aliphatic rings. The first-order valence-corrected chi connectivity index (χ1v) is 6.31. The Morgan fingerprint density at radius 1 is 1.24 bits per heavy atom. The van der Waals surface area contributed by atoms with Crippen molar-refractivity contribution in [2.75, 3.05) is 0 Å². The van der Waals surface area contributed by atoms with E-state index in [4.69, 9.17) is 27.7 Å². The number of rotatable bonds is 3. The van der Waals surface area contributed by atoms with Gasteiger partial charge in [0, 0.05) is 5.02 Å². The van der Waals surface area contributed by atoms with Gasteiger partial charge in [0.2, 0.25) is 5.89 Å². The zero-order valence-corrected chi connectivity index (χ0v) is 10.5. The van der Waals surface area contributed by atoms with Crippen LogP contribution in [0, 0.1) is 0 Å². The Hall–Kier alpha value is -1.06. The van der Waals surface area contributed by atoms with Gasteiger partial charge in [0.15, 0.2) is 5.82 Å². The van der Waals surface area contributed by atoms with Crippen LogP contribution in [0.4, 0.5) is 0 Å². The van der Waals surface area contributed by atoms with Crippen molar-refractivity contribution in [3.8, 4) is 0 Å². The molecule has 0 spiro atoms. The van der Waals surface area contributed by atoms with Crippen LogP contribution in [0.15, 0.2) is 28.8 Å². The Bertz CT molecular complexity index is 532. The summed E-state index contributed by atoms with van der Waals surface area (Å²) >= 11 is 11.6. The Balaban J connectivity index is 1.98. The van der Waals surface area contributed by atoms with Gasteiger partial charge in [-0.3, -0.25) is 0 Å². The molecule has 1 heterocycles. The molecule has 1 fully saturated rings. The van der Waals surface area contributed by atoms with Crippen molar-refractivity contribution in [3.63, 3.8) is 0 Å². The van der Waals surface area contributed by atoms with Gasteiger partial charge in [-0.15, -0.1) is 11.6 Å². The summed E-state index contributed by atoms with van der Waals surface area (Å²) < 4.78 is 5.07. The van der Waals surface area contributed by atoms with Crippen LogP contribution in [0.25, 0.3) is 0 Å². The molecule has 1 aromatic carbocycles. The minimum Gasteiger partial charge on any atom is -0.338 e. The summed E-state index contributed by atoms with van der Waals surface area (Å²) in [4.78, 5) is 4.32. The first kappa shape index (κ1) is 11.1. The summed E-state index contributed by atoms with van der Waals surface area (Å²) in [5.41, 5.74) is 1.10. The maximum Gasteiger partial charge on any atom is 0.241 e. The third-order valence-corrected chi connectivity index (χ3v) is 3.64. The highest BCUT2D eigenvalue weighted by molar-refractivity contribution is 6.30. The van der Waals surface area contributed by atoms with E-state index in [-0.39, 0.29) is 11.3 Å². The second kappa shape index (κ2) is 4.00. The molecule has 3 nitrogen and oxygen atoms in total. The fraction of sp³-hybridized carbons (Fsp3) is 0.333. The first-order valence-electron chi connectivity index (χ1n) is 5.40. The predicted octanol–water partition coefficient (Wildman–Crippen LogP) is 3.54. The summed E-state index contributed by atoms with van der Waals surface area (Å²) in [6.07, 6.45) is 2.08. The molecule has 1 aromatic heterocycles. The molecule has 0 aliphatic heterocycles. The molecule has 0 bridgehead atoms. The fourth-order valence-electron chi connectivity index (χ4n) is 2.04. The van der Waals surface area contributed by atoms with Crippen molar-refractivity contribution < 1.29 is 4.52 Å². The highest BCUT2D eigenvalue weighted by Gasteiger charge is 2.49. The van der Waals surface area contributed by atoms with E-state index in [0.717, 1.165) is 23.7 Å². The second-order valence-electron chi connectivity index (χ2n) is 4.23. The van der Waals surface area contributed by atoms with Crippen LogP contribution in [-0.2, 0) is 11.3 Å². The van der Waals surface area contributed by atoms with E-state index in [1.807, 2.05) is 24.3 Å². The molecule has 0 N–H and O–H groups in total. The normalized spacial score (nSPS) is 17.1. The second-order valence-corrected chi connectivity index (χ2v) is 4.94. The van der Waals surface area contributed by atoms with Gasteiger partial charge in [-0.05, 0) is 30.5 Å². The minimum atomic E-state index is -0.0849. The molecule has 0 saturated heterocycles. The average molecular weight is 269 g/mol. The molecule has 0 atom stereocenters. The van der Waals surface area contributed by atoms with Crippen molar-refractivity contribution >= 4 is 23.2 Å². The van der Waals surface area contributed by atoms with Crippen molar-refractivity contribution in [2.24, 2.45) is 0 Å². The van der Waals surface area contributed by atoms with E-state index in [2.05, 4.69) is 10.1 Å². The maximum absolute atomic E-state index is 5.89. The first-order chi connectivity index (χ1) is 8.24. The van der Waals surface area contributed by atoms with Gasteiger partial charge >= 0.3 is 0 Å². The summed E-state index contributed by atoms with van der Waals surface area (Å²) in [6.45, 7) is 0. The summed E-state index contributed by atoms with van der Waals surface area (Å²) in [7, 11) is 0. The maximum atomic E-state index is 5.89. The molecule has 0 radical (unpaired) electrons. The summed E-state index contributed by atoms with van der Waals surface area (Å²) in [5, 5.41) is 4.75. The van der Waals surface area contributed by atoms with Crippen LogP contribution in [0.3, 0.4) is 0 Å². The van der Waals surface area contributed by atoms with Gasteiger partial charge in [0.1, 0.15) is 5.88 Å². The number of hydrogen-bond donors (Lipinski definition) is 0. The van der Waals surface area contributed by atoms with Crippen molar-refractivity contribution in [1.82, 2.24) is 10.1 Å². The van der Waals surface area contributed by atoms with Crippen LogP contribution >= 0.6 is 23.2 Å². The third kappa shape index (κ3) is 1.83. The number of halogens is 2. The van der Waals surface area contributed by atoms with Crippen molar-refractivity contribution in [3.05, 3.63) is 46.6 Å². The Morgan fingerprint density at radius 2 is 1.94 bits per heavy atom. The van der Waals surface area contributed by atoms with Gasteiger partial charge in [-0.2, -0.15) is 4.98 Å². The summed E-state index contributed by atoms with van der Waals surface area (Å²) in [5.74, 6) is 1.46. The number of aromatic nitrogens is 2. The van der Waals surface area contributed by atoms with E-state index in [9.17, 15) is 0 Å². The van der Waals surface area contributed by atoms with E-state index in [1.54, 1.807) is 0 Å². The van der Waals surface area contributed by atoms with E-state index < -0.39 is 0 Å². The smallest absolute Gasteiger partial charge is 0.241 e. The van der Waals surface area contributed by atoms with Crippen LogP contribution in [0.2, 0.25) is 5.02 Å². The molecular weight excluding hydrogens is 259 g/mol. The highest BCUT2D eigenvalue weighted by Crippen LogP contribution is 2.52. The highest BCUT2D eigenvalue weighted by atomic mass is 35.5. The zero-order chi connectivity index (χ0) is 11.9. The fourth-order valence-corrected chi connectivity index (χ4v) is 2.27. The molecule has 3 rings (SSSR count). The van der Waals surface area contributed by atoms with Gasteiger partial charge in [-0.1, -0.05) is 28.9 Å². The monoisotopic (exact) mass is 268 g/mol. The molecule has 1 saturated carbocycles. The molecule has 88 valence electrons. The van der Waals surface area contributed by atoms with Gasteiger partial charge < -0.3 is 4.52 Å². The third-order valence-electron chi connectivity index (χ3n) is 3.16. The lowest BCUT2D eigenvalue weighted by Gasteiger charge is -2.10. The van der Waals surface area contributed by atoms with Gasteiger partial charge in [0.05, 0.1) is 5.41 Å². The molecule has 2 aromatic rings. The predicted molar refractivity (Wildman–Crippen MR) is 65.3 cm³/mol. The van der Waals surface area contributed by atoms with Crippen LogP contribution in [0.1, 0.15) is 30.1 Å². The Kier molecular flexibility index (Phi) is 2.60.